The van der Waals surface area contributed by atoms with Gasteiger partial charge in [0.05, 0.1) is 0 Å². The topological polar surface area (TPSA) is 12.0 Å². The summed E-state index contributed by atoms with van der Waals surface area (Å²) >= 11 is 3.61. The van der Waals surface area contributed by atoms with Crippen molar-refractivity contribution in [1.29, 1.82) is 0 Å². The standard InChI is InChI=1S/C18H28BrN/c1-4-11-20-18(15-7-5-13(2)6-8-15)16-9-10-17(19)14(3)12-16/h9-10,12-13,15,18,20H,4-8,11H2,1-3H3. The van der Waals surface area contributed by atoms with Gasteiger partial charge in [-0.2, -0.15) is 0 Å². The zero-order valence-electron chi connectivity index (χ0n) is 13.1. The van der Waals surface area contributed by atoms with Crippen molar-refractivity contribution in [1.82, 2.24) is 5.32 Å². The lowest BCUT2D eigenvalue weighted by molar-refractivity contribution is 0.231. The van der Waals surface area contributed by atoms with Gasteiger partial charge in [-0.1, -0.05) is 54.8 Å². The average Bonchev–Trinajstić information content (AvgIpc) is 2.45. The van der Waals surface area contributed by atoms with Crippen LogP contribution in [0, 0.1) is 18.8 Å². The van der Waals surface area contributed by atoms with Gasteiger partial charge in [0.15, 0.2) is 0 Å². The van der Waals surface area contributed by atoms with E-state index in [1.165, 1.54) is 47.7 Å². The Morgan fingerprint density at radius 2 is 1.95 bits per heavy atom. The van der Waals surface area contributed by atoms with Crippen molar-refractivity contribution in [3.63, 3.8) is 0 Å². The number of halogens is 1. The fraction of sp³-hybridized carbons (Fsp3) is 0.667. The van der Waals surface area contributed by atoms with Gasteiger partial charge in [-0.05, 0) is 61.8 Å². The van der Waals surface area contributed by atoms with Crippen LogP contribution in [0.5, 0.6) is 0 Å². The van der Waals surface area contributed by atoms with E-state index in [0.29, 0.717) is 6.04 Å². The highest BCUT2D eigenvalue weighted by Crippen LogP contribution is 2.37. The first-order chi connectivity index (χ1) is 9.61. The molecule has 0 radical (unpaired) electrons. The van der Waals surface area contributed by atoms with Gasteiger partial charge in [-0.15, -0.1) is 0 Å². The molecule has 112 valence electrons. The second-order valence-corrected chi connectivity index (χ2v) is 7.31. The summed E-state index contributed by atoms with van der Waals surface area (Å²) in [6.07, 6.45) is 6.74. The van der Waals surface area contributed by atoms with Crippen molar-refractivity contribution in [2.45, 2.75) is 58.9 Å². The van der Waals surface area contributed by atoms with Gasteiger partial charge >= 0.3 is 0 Å². The molecule has 0 heterocycles. The maximum atomic E-state index is 3.80. The highest BCUT2D eigenvalue weighted by Gasteiger charge is 2.26. The van der Waals surface area contributed by atoms with E-state index >= 15 is 0 Å². The zero-order chi connectivity index (χ0) is 14.5. The van der Waals surface area contributed by atoms with Crippen molar-refractivity contribution in [3.05, 3.63) is 33.8 Å². The van der Waals surface area contributed by atoms with Crippen LogP contribution in [0.4, 0.5) is 0 Å². The van der Waals surface area contributed by atoms with Gasteiger partial charge in [0.1, 0.15) is 0 Å². The molecule has 0 amide bonds. The number of hydrogen-bond acceptors (Lipinski definition) is 1. The second-order valence-electron chi connectivity index (χ2n) is 6.46. The molecule has 2 heteroatoms. The van der Waals surface area contributed by atoms with E-state index < -0.39 is 0 Å². The molecule has 1 atom stereocenters. The molecule has 1 aromatic rings. The van der Waals surface area contributed by atoms with Crippen molar-refractivity contribution in [3.8, 4) is 0 Å². The minimum Gasteiger partial charge on any atom is -0.310 e. The molecule has 1 nitrogen and oxygen atoms in total. The highest BCUT2D eigenvalue weighted by molar-refractivity contribution is 9.10. The third kappa shape index (κ3) is 4.08. The Bertz CT molecular complexity index is 421. The van der Waals surface area contributed by atoms with E-state index in [1.54, 1.807) is 0 Å². The Balaban J connectivity index is 2.15. The Labute approximate surface area is 132 Å². The number of nitrogens with one attached hydrogen (secondary N) is 1. The molecule has 1 N–H and O–H groups in total. The van der Waals surface area contributed by atoms with Crippen LogP contribution in [-0.2, 0) is 0 Å². The lowest BCUT2D eigenvalue weighted by Crippen LogP contribution is -2.31. The number of benzene rings is 1. The maximum Gasteiger partial charge on any atom is 0.0348 e. The SMILES string of the molecule is CCCNC(c1ccc(Br)c(C)c1)C1CCC(C)CC1. The summed E-state index contributed by atoms with van der Waals surface area (Å²) in [6, 6.07) is 7.39. The lowest BCUT2D eigenvalue weighted by atomic mass is 9.77. The molecule has 0 bridgehead atoms. The van der Waals surface area contributed by atoms with Gasteiger partial charge in [0.25, 0.3) is 0 Å². The van der Waals surface area contributed by atoms with Crippen LogP contribution in [0.3, 0.4) is 0 Å². The van der Waals surface area contributed by atoms with Gasteiger partial charge in [-0.25, -0.2) is 0 Å². The monoisotopic (exact) mass is 337 g/mol. The molecule has 0 spiro atoms. The largest absolute Gasteiger partial charge is 0.310 e. The Hall–Kier alpha value is -0.340. The normalized spacial score (nSPS) is 24.6. The van der Waals surface area contributed by atoms with Crippen LogP contribution in [0.25, 0.3) is 0 Å². The van der Waals surface area contributed by atoms with E-state index in [0.717, 1.165) is 18.4 Å². The van der Waals surface area contributed by atoms with Gasteiger partial charge < -0.3 is 5.32 Å². The van der Waals surface area contributed by atoms with Gasteiger partial charge in [-0.3, -0.25) is 0 Å². The van der Waals surface area contributed by atoms with Crippen molar-refractivity contribution < 1.29 is 0 Å². The van der Waals surface area contributed by atoms with Gasteiger partial charge in [0.2, 0.25) is 0 Å². The molecule has 1 aliphatic rings. The predicted molar refractivity (Wildman–Crippen MR) is 91.0 cm³/mol. The van der Waals surface area contributed by atoms with Crippen molar-refractivity contribution in [2.24, 2.45) is 11.8 Å². The molecule has 1 fully saturated rings. The van der Waals surface area contributed by atoms with Crippen molar-refractivity contribution >= 4 is 15.9 Å². The summed E-state index contributed by atoms with van der Waals surface area (Å²) in [7, 11) is 0. The summed E-state index contributed by atoms with van der Waals surface area (Å²) in [4.78, 5) is 0. The first-order valence-corrected chi connectivity index (χ1v) is 8.90. The lowest BCUT2D eigenvalue weighted by Gasteiger charge is -2.34. The third-order valence-corrected chi connectivity index (χ3v) is 5.58. The Morgan fingerprint density at radius 1 is 1.25 bits per heavy atom. The minimum absolute atomic E-state index is 0.536. The van der Waals surface area contributed by atoms with E-state index in [4.69, 9.17) is 0 Å². The smallest absolute Gasteiger partial charge is 0.0348 e. The molecule has 0 aliphatic heterocycles. The van der Waals surface area contributed by atoms with E-state index in [1.807, 2.05) is 0 Å². The second kappa shape index (κ2) is 7.61. The summed E-state index contributed by atoms with van der Waals surface area (Å²) < 4.78 is 1.22. The van der Waals surface area contributed by atoms with Crippen LogP contribution in [0.2, 0.25) is 0 Å². The summed E-state index contributed by atoms with van der Waals surface area (Å²) in [5.41, 5.74) is 2.81. The van der Waals surface area contributed by atoms with E-state index in [-0.39, 0.29) is 0 Å². The first kappa shape index (κ1) is 16.0. The number of aryl methyl sites for hydroxylation is 1. The molecule has 1 unspecified atom stereocenters. The van der Waals surface area contributed by atoms with E-state index in [2.05, 4.69) is 60.2 Å². The summed E-state index contributed by atoms with van der Waals surface area (Å²) in [5.74, 6) is 1.73. The van der Waals surface area contributed by atoms with Crippen LogP contribution >= 0.6 is 15.9 Å². The molecule has 0 saturated heterocycles. The molecular weight excluding hydrogens is 310 g/mol. The summed E-state index contributed by atoms with van der Waals surface area (Å²) in [6.45, 7) is 7.95. The molecule has 1 aromatic carbocycles. The molecule has 0 aromatic heterocycles. The van der Waals surface area contributed by atoms with E-state index in [9.17, 15) is 0 Å². The fourth-order valence-electron chi connectivity index (χ4n) is 3.34. The third-order valence-electron chi connectivity index (χ3n) is 4.69. The van der Waals surface area contributed by atoms with Crippen LogP contribution in [-0.4, -0.2) is 6.54 Å². The molecule has 20 heavy (non-hydrogen) atoms. The molecule has 1 saturated carbocycles. The molecular formula is C18H28BrN. The quantitative estimate of drug-likeness (QED) is 0.734. The maximum absolute atomic E-state index is 3.80. The highest BCUT2D eigenvalue weighted by atomic mass is 79.9. The molecule has 1 aliphatic carbocycles. The minimum atomic E-state index is 0.536. The molecule has 2 rings (SSSR count). The first-order valence-electron chi connectivity index (χ1n) is 8.11. The van der Waals surface area contributed by atoms with Crippen LogP contribution in [0.15, 0.2) is 22.7 Å². The van der Waals surface area contributed by atoms with Crippen molar-refractivity contribution in [2.75, 3.05) is 6.54 Å². The number of hydrogen-bond donors (Lipinski definition) is 1. The number of rotatable bonds is 5. The Morgan fingerprint density at radius 3 is 2.55 bits per heavy atom. The Kier molecular flexibility index (Phi) is 6.10. The van der Waals surface area contributed by atoms with Crippen LogP contribution < -0.4 is 5.32 Å². The average molecular weight is 338 g/mol. The summed E-state index contributed by atoms with van der Waals surface area (Å²) in [5, 5.41) is 3.80. The predicted octanol–water partition coefficient (Wildman–Crippen LogP) is 5.62. The van der Waals surface area contributed by atoms with Gasteiger partial charge in [0, 0.05) is 10.5 Å². The fourth-order valence-corrected chi connectivity index (χ4v) is 3.58. The van der Waals surface area contributed by atoms with Crippen LogP contribution in [0.1, 0.15) is 63.1 Å². The zero-order valence-corrected chi connectivity index (χ0v) is 14.7.